The van der Waals surface area contributed by atoms with Crippen molar-refractivity contribution in [1.29, 1.82) is 0 Å². The predicted octanol–water partition coefficient (Wildman–Crippen LogP) is 4.41. The van der Waals surface area contributed by atoms with Crippen LogP contribution in [0.1, 0.15) is 24.0 Å². The molecule has 5 rings (SSSR count). The lowest BCUT2D eigenvalue weighted by Crippen LogP contribution is -2.40. The van der Waals surface area contributed by atoms with Gasteiger partial charge in [0, 0.05) is 30.7 Å². The molecule has 7 nitrogen and oxygen atoms in total. The second-order valence-corrected chi connectivity index (χ2v) is 8.44. The van der Waals surface area contributed by atoms with E-state index in [1.807, 2.05) is 18.2 Å². The van der Waals surface area contributed by atoms with Gasteiger partial charge in [-0.05, 0) is 50.1 Å². The average Bonchev–Trinajstić information content (AvgIpc) is 3.27. The van der Waals surface area contributed by atoms with Gasteiger partial charge in [0.2, 0.25) is 0 Å². The summed E-state index contributed by atoms with van der Waals surface area (Å²) in [5.41, 5.74) is 3.13. The lowest BCUT2D eigenvalue weighted by molar-refractivity contribution is 0.0535. The molecule has 0 amide bonds. The number of nitrogens with one attached hydrogen (secondary N) is 1. The monoisotopic (exact) mass is 447 g/mol. The molecule has 0 radical (unpaired) electrons. The van der Waals surface area contributed by atoms with Crippen LogP contribution >= 0.6 is 0 Å². The molecule has 2 aromatic heterocycles. The first-order valence-corrected chi connectivity index (χ1v) is 11.0. The first kappa shape index (κ1) is 21.3. The molecule has 170 valence electrons. The van der Waals surface area contributed by atoms with Crippen molar-refractivity contribution in [2.24, 2.45) is 0 Å². The number of nitrogens with zero attached hydrogens (tertiary/aromatic N) is 4. The van der Waals surface area contributed by atoms with Crippen LogP contribution in [0.25, 0.3) is 17.0 Å². The summed E-state index contributed by atoms with van der Waals surface area (Å²) in [6.45, 7) is 4.13. The fraction of sp³-hybridized carbons (Fsp3) is 0.320. The van der Waals surface area contributed by atoms with Crippen molar-refractivity contribution < 1.29 is 13.9 Å². The van der Waals surface area contributed by atoms with Crippen LogP contribution in [0.2, 0.25) is 0 Å². The van der Waals surface area contributed by atoms with Gasteiger partial charge < -0.3 is 14.8 Å². The summed E-state index contributed by atoms with van der Waals surface area (Å²) in [7, 11) is 1.71. The van der Waals surface area contributed by atoms with E-state index < -0.39 is 0 Å². The average molecular weight is 448 g/mol. The number of hydrogen-bond donors (Lipinski definition) is 1. The lowest BCUT2D eigenvalue weighted by atomic mass is 9.73. The molecule has 33 heavy (non-hydrogen) atoms. The molecule has 1 aliphatic rings. The highest BCUT2D eigenvalue weighted by Crippen LogP contribution is 2.40. The smallest absolute Gasteiger partial charge is 0.188 e. The second kappa shape index (κ2) is 8.78. The van der Waals surface area contributed by atoms with Gasteiger partial charge in [-0.25, -0.2) is 4.39 Å². The highest BCUT2D eigenvalue weighted by Gasteiger charge is 2.37. The zero-order valence-corrected chi connectivity index (χ0v) is 18.7. The number of anilines is 1. The van der Waals surface area contributed by atoms with E-state index in [0.717, 1.165) is 18.6 Å². The third kappa shape index (κ3) is 4.02. The Hall–Kier alpha value is -3.52. The number of hydrogen-bond acceptors (Lipinski definition) is 6. The minimum Gasteiger partial charge on any atom is -0.496 e. The van der Waals surface area contributed by atoms with Crippen LogP contribution in [0.5, 0.6) is 5.75 Å². The fourth-order valence-corrected chi connectivity index (χ4v) is 4.49. The van der Waals surface area contributed by atoms with Gasteiger partial charge in [-0.3, -0.25) is 0 Å². The molecule has 1 N–H and O–H groups in total. The molecule has 0 bridgehead atoms. The van der Waals surface area contributed by atoms with E-state index in [-0.39, 0.29) is 11.2 Å². The largest absolute Gasteiger partial charge is 0.496 e. The number of halogens is 1. The van der Waals surface area contributed by atoms with Crippen LogP contribution in [0.15, 0.2) is 54.6 Å². The molecule has 1 fully saturated rings. The number of fused-ring (bicyclic) bond motifs is 1. The first-order valence-electron chi connectivity index (χ1n) is 11.0. The van der Waals surface area contributed by atoms with Gasteiger partial charge in [0.25, 0.3) is 0 Å². The summed E-state index contributed by atoms with van der Waals surface area (Å²) in [5, 5.41) is 16.5. The van der Waals surface area contributed by atoms with Gasteiger partial charge >= 0.3 is 0 Å². The Labute approximate surface area is 191 Å². The fourth-order valence-electron chi connectivity index (χ4n) is 4.49. The summed E-state index contributed by atoms with van der Waals surface area (Å²) < 4.78 is 27.3. The highest BCUT2D eigenvalue weighted by atomic mass is 19.1. The summed E-state index contributed by atoms with van der Waals surface area (Å²) in [6.07, 6.45) is 1.74. The standard InChI is InChI=1S/C25H26FN5O2/c1-17-7-8-21(32-2)19(15-17)25(11-13-33-14-12-25)16-27-22-9-10-23-28-29-24(31(23)30-22)18-5-3-4-6-20(18)26/h3-10,15H,11-14,16H2,1-2H3,(H,27,30). The van der Waals surface area contributed by atoms with E-state index in [9.17, 15) is 4.39 Å². The van der Waals surface area contributed by atoms with E-state index >= 15 is 0 Å². The van der Waals surface area contributed by atoms with E-state index in [1.54, 1.807) is 29.8 Å². The molecule has 8 heteroatoms. The van der Waals surface area contributed by atoms with Gasteiger partial charge in [0.05, 0.1) is 12.7 Å². The zero-order valence-electron chi connectivity index (χ0n) is 18.7. The Morgan fingerprint density at radius 1 is 1.09 bits per heavy atom. The van der Waals surface area contributed by atoms with Crippen molar-refractivity contribution in [3.63, 3.8) is 0 Å². The summed E-state index contributed by atoms with van der Waals surface area (Å²) >= 11 is 0. The third-order valence-electron chi connectivity index (χ3n) is 6.36. The lowest BCUT2D eigenvalue weighted by Gasteiger charge is -2.39. The van der Waals surface area contributed by atoms with E-state index in [0.29, 0.717) is 42.6 Å². The molecular formula is C25H26FN5O2. The molecule has 0 spiro atoms. The Morgan fingerprint density at radius 3 is 2.70 bits per heavy atom. The maximum absolute atomic E-state index is 14.4. The van der Waals surface area contributed by atoms with Crippen LogP contribution in [0, 0.1) is 12.7 Å². The maximum atomic E-state index is 14.4. The minimum atomic E-state index is -0.361. The number of ether oxygens (including phenoxy) is 2. The molecule has 3 heterocycles. The normalized spacial score (nSPS) is 15.5. The zero-order chi connectivity index (χ0) is 22.8. The van der Waals surface area contributed by atoms with Crippen molar-refractivity contribution in [2.75, 3.05) is 32.2 Å². The molecule has 0 unspecified atom stereocenters. The Balaban J connectivity index is 1.48. The van der Waals surface area contributed by atoms with E-state index in [2.05, 4.69) is 39.7 Å². The van der Waals surface area contributed by atoms with Crippen LogP contribution in [-0.2, 0) is 10.2 Å². The van der Waals surface area contributed by atoms with Gasteiger partial charge in [-0.15, -0.1) is 15.3 Å². The number of methoxy groups -OCH3 is 1. The second-order valence-electron chi connectivity index (χ2n) is 8.44. The summed E-state index contributed by atoms with van der Waals surface area (Å²) in [4.78, 5) is 0. The molecule has 1 aliphatic heterocycles. The molecule has 1 saturated heterocycles. The van der Waals surface area contributed by atoms with Crippen molar-refractivity contribution in [3.8, 4) is 17.1 Å². The Morgan fingerprint density at radius 2 is 1.91 bits per heavy atom. The van der Waals surface area contributed by atoms with Gasteiger partial charge in [0.15, 0.2) is 11.5 Å². The van der Waals surface area contributed by atoms with Crippen molar-refractivity contribution in [1.82, 2.24) is 19.8 Å². The topological polar surface area (TPSA) is 73.6 Å². The molecule has 2 aromatic carbocycles. The van der Waals surface area contributed by atoms with Crippen LogP contribution < -0.4 is 10.1 Å². The number of benzene rings is 2. The molecule has 0 atom stereocenters. The van der Waals surface area contributed by atoms with E-state index in [1.165, 1.54) is 17.2 Å². The minimum absolute atomic E-state index is 0.159. The summed E-state index contributed by atoms with van der Waals surface area (Å²) in [5.74, 6) is 1.55. The molecular weight excluding hydrogens is 421 g/mol. The van der Waals surface area contributed by atoms with Crippen LogP contribution in [0.3, 0.4) is 0 Å². The third-order valence-corrected chi connectivity index (χ3v) is 6.36. The molecule has 4 aromatic rings. The van der Waals surface area contributed by atoms with Gasteiger partial charge in [-0.2, -0.15) is 4.52 Å². The Bertz CT molecular complexity index is 1280. The van der Waals surface area contributed by atoms with Crippen molar-refractivity contribution in [2.45, 2.75) is 25.2 Å². The molecule has 0 saturated carbocycles. The predicted molar refractivity (Wildman–Crippen MR) is 124 cm³/mol. The summed E-state index contributed by atoms with van der Waals surface area (Å²) in [6, 6.07) is 16.5. The van der Waals surface area contributed by atoms with E-state index in [4.69, 9.17) is 9.47 Å². The van der Waals surface area contributed by atoms with Crippen molar-refractivity contribution >= 4 is 11.5 Å². The Kier molecular flexibility index (Phi) is 5.68. The quantitative estimate of drug-likeness (QED) is 0.472. The number of rotatable bonds is 6. The highest BCUT2D eigenvalue weighted by molar-refractivity contribution is 5.60. The SMILES string of the molecule is COc1ccc(C)cc1C1(CNc2ccc3nnc(-c4ccccc4F)n3n2)CCOCC1. The van der Waals surface area contributed by atoms with Gasteiger partial charge in [0.1, 0.15) is 17.4 Å². The van der Waals surface area contributed by atoms with Crippen LogP contribution in [0.4, 0.5) is 10.2 Å². The maximum Gasteiger partial charge on any atom is 0.188 e. The number of aromatic nitrogens is 4. The number of aryl methyl sites for hydroxylation is 1. The van der Waals surface area contributed by atoms with Gasteiger partial charge in [-0.1, -0.05) is 29.8 Å². The first-order chi connectivity index (χ1) is 16.1. The van der Waals surface area contributed by atoms with Crippen molar-refractivity contribution in [3.05, 3.63) is 71.5 Å². The van der Waals surface area contributed by atoms with Crippen LogP contribution in [-0.4, -0.2) is 46.7 Å². The molecule has 0 aliphatic carbocycles.